The van der Waals surface area contributed by atoms with E-state index in [1.807, 2.05) is 0 Å². The molecule has 0 spiro atoms. The number of methoxy groups -OCH3 is 3. The Morgan fingerprint density at radius 1 is 1.00 bits per heavy atom. The molecule has 17 heavy (non-hydrogen) atoms. The number of halogens is 2. The molecule has 0 aliphatic heterocycles. The molecule has 0 aliphatic carbocycles. The van der Waals surface area contributed by atoms with Gasteiger partial charge in [0.05, 0.1) is 26.9 Å². The van der Waals surface area contributed by atoms with Crippen molar-refractivity contribution in [3.63, 3.8) is 0 Å². The number of hydrogen-bond donors (Lipinski definition) is 1. The van der Waals surface area contributed by atoms with Gasteiger partial charge in [0, 0.05) is 6.07 Å². The van der Waals surface area contributed by atoms with Gasteiger partial charge in [-0.05, 0) is 6.07 Å². The highest BCUT2D eigenvalue weighted by Gasteiger charge is 2.35. The first-order valence-corrected chi connectivity index (χ1v) is 4.79. The van der Waals surface area contributed by atoms with Gasteiger partial charge < -0.3 is 19.3 Å². The molecule has 0 saturated heterocycles. The third-order valence-electron chi connectivity index (χ3n) is 2.30. The van der Waals surface area contributed by atoms with E-state index >= 15 is 0 Å². The van der Waals surface area contributed by atoms with Gasteiger partial charge in [-0.3, -0.25) is 0 Å². The van der Waals surface area contributed by atoms with Gasteiger partial charge in [-0.2, -0.15) is 8.78 Å². The van der Waals surface area contributed by atoms with Gasteiger partial charge in [0.25, 0.3) is 5.92 Å². The van der Waals surface area contributed by atoms with Crippen LogP contribution in [0.1, 0.15) is 5.56 Å². The molecule has 1 rings (SSSR count). The molecule has 0 atom stereocenters. The van der Waals surface area contributed by atoms with E-state index in [2.05, 4.69) is 0 Å². The number of alkyl halides is 2. The van der Waals surface area contributed by atoms with Crippen LogP contribution in [0.5, 0.6) is 17.2 Å². The highest BCUT2D eigenvalue weighted by Crippen LogP contribution is 2.41. The summed E-state index contributed by atoms with van der Waals surface area (Å²) in [6, 6.07) is 2.38. The Bertz CT molecular complexity index is 393. The third-order valence-corrected chi connectivity index (χ3v) is 2.30. The van der Waals surface area contributed by atoms with E-state index in [4.69, 9.17) is 19.3 Å². The fraction of sp³-hybridized carbons (Fsp3) is 0.455. The molecule has 1 aromatic rings. The monoisotopic (exact) mass is 248 g/mol. The Kier molecular flexibility index (Phi) is 4.11. The average Bonchev–Trinajstić information content (AvgIpc) is 2.36. The highest BCUT2D eigenvalue weighted by atomic mass is 19.3. The fourth-order valence-corrected chi connectivity index (χ4v) is 1.40. The number of aliphatic hydroxyl groups is 1. The largest absolute Gasteiger partial charge is 0.496 e. The normalized spacial score (nSPS) is 11.2. The van der Waals surface area contributed by atoms with Gasteiger partial charge in [-0.15, -0.1) is 0 Å². The van der Waals surface area contributed by atoms with Crippen LogP contribution in [-0.2, 0) is 5.92 Å². The van der Waals surface area contributed by atoms with E-state index in [1.54, 1.807) is 0 Å². The van der Waals surface area contributed by atoms with Gasteiger partial charge in [0.2, 0.25) is 0 Å². The zero-order valence-electron chi connectivity index (χ0n) is 9.79. The molecular weight excluding hydrogens is 234 g/mol. The topological polar surface area (TPSA) is 47.9 Å². The maximum atomic E-state index is 13.5. The Morgan fingerprint density at radius 3 is 1.88 bits per heavy atom. The molecule has 0 fully saturated rings. The average molecular weight is 248 g/mol. The number of ether oxygens (including phenoxy) is 3. The SMILES string of the molecule is COc1cc(OC)c(C(F)(F)CO)cc1OC. The zero-order chi connectivity index (χ0) is 13.1. The Hall–Kier alpha value is -1.56. The minimum atomic E-state index is -3.40. The first-order valence-electron chi connectivity index (χ1n) is 4.79. The summed E-state index contributed by atoms with van der Waals surface area (Å²) < 4.78 is 41.7. The lowest BCUT2D eigenvalue weighted by molar-refractivity contribution is -0.0572. The zero-order valence-corrected chi connectivity index (χ0v) is 9.79. The summed E-state index contributed by atoms with van der Waals surface area (Å²) in [6.45, 7) is -1.31. The van der Waals surface area contributed by atoms with E-state index in [-0.39, 0.29) is 17.2 Å². The molecule has 0 unspecified atom stereocenters. The predicted molar refractivity (Wildman–Crippen MR) is 57.1 cm³/mol. The van der Waals surface area contributed by atoms with Crippen molar-refractivity contribution < 1.29 is 28.1 Å². The smallest absolute Gasteiger partial charge is 0.299 e. The Balaban J connectivity index is 3.38. The van der Waals surface area contributed by atoms with Crippen molar-refractivity contribution in [3.8, 4) is 17.2 Å². The lowest BCUT2D eigenvalue weighted by Gasteiger charge is -2.19. The third kappa shape index (κ3) is 2.58. The van der Waals surface area contributed by atoms with Crippen LogP contribution in [0, 0.1) is 0 Å². The summed E-state index contributed by atoms with van der Waals surface area (Å²) in [5, 5.41) is 8.68. The maximum absolute atomic E-state index is 13.5. The van der Waals surface area contributed by atoms with Crippen molar-refractivity contribution in [1.29, 1.82) is 0 Å². The van der Waals surface area contributed by atoms with Crippen LogP contribution in [-0.4, -0.2) is 33.0 Å². The van der Waals surface area contributed by atoms with E-state index in [0.29, 0.717) is 0 Å². The summed E-state index contributed by atoms with van der Waals surface area (Å²) in [5.41, 5.74) is -0.444. The minimum absolute atomic E-state index is 0.0679. The molecule has 0 saturated carbocycles. The van der Waals surface area contributed by atoms with Gasteiger partial charge in [-0.25, -0.2) is 0 Å². The summed E-state index contributed by atoms with van der Waals surface area (Å²) in [4.78, 5) is 0. The summed E-state index contributed by atoms with van der Waals surface area (Å²) in [5.74, 6) is -3.04. The molecule has 1 aromatic carbocycles. The second-order valence-corrected chi connectivity index (χ2v) is 3.27. The number of rotatable bonds is 5. The lowest BCUT2D eigenvalue weighted by Crippen LogP contribution is -2.19. The van der Waals surface area contributed by atoms with Crippen LogP contribution in [0.15, 0.2) is 12.1 Å². The van der Waals surface area contributed by atoms with Crippen molar-refractivity contribution in [2.45, 2.75) is 5.92 Å². The molecule has 6 heteroatoms. The summed E-state index contributed by atoms with van der Waals surface area (Å²) in [7, 11) is 3.99. The van der Waals surface area contributed by atoms with Crippen molar-refractivity contribution in [2.75, 3.05) is 27.9 Å². The van der Waals surface area contributed by atoms with Crippen molar-refractivity contribution >= 4 is 0 Å². The van der Waals surface area contributed by atoms with Gasteiger partial charge in [-0.1, -0.05) is 0 Å². The van der Waals surface area contributed by atoms with Crippen molar-refractivity contribution in [2.24, 2.45) is 0 Å². The van der Waals surface area contributed by atoms with Gasteiger partial charge in [0.1, 0.15) is 12.4 Å². The van der Waals surface area contributed by atoms with Crippen LogP contribution < -0.4 is 14.2 Å². The molecule has 4 nitrogen and oxygen atoms in total. The number of benzene rings is 1. The first kappa shape index (κ1) is 13.5. The molecule has 0 aliphatic rings. The number of hydrogen-bond acceptors (Lipinski definition) is 4. The number of aliphatic hydroxyl groups excluding tert-OH is 1. The summed E-state index contributed by atoms with van der Waals surface area (Å²) >= 11 is 0. The standard InChI is InChI=1S/C11H14F2O4/c1-15-8-5-10(17-3)9(16-2)4-7(8)11(12,13)6-14/h4-5,14H,6H2,1-3H3. The van der Waals surface area contributed by atoms with E-state index in [1.165, 1.54) is 27.4 Å². The maximum Gasteiger partial charge on any atom is 0.299 e. The minimum Gasteiger partial charge on any atom is -0.496 e. The first-order chi connectivity index (χ1) is 8.00. The molecule has 0 aromatic heterocycles. The van der Waals surface area contributed by atoms with Crippen LogP contribution in [0.3, 0.4) is 0 Å². The molecular formula is C11H14F2O4. The highest BCUT2D eigenvalue weighted by molar-refractivity contribution is 5.52. The molecule has 0 amide bonds. The molecule has 96 valence electrons. The Morgan fingerprint density at radius 2 is 1.47 bits per heavy atom. The van der Waals surface area contributed by atoms with E-state index in [0.717, 1.165) is 6.07 Å². The van der Waals surface area contributed by atoms with Gasteiger partial charge >= 0.3 is 0 Å². The van der Waals surface area contributed by atoms with Crippen molar-refractivity contribution in [3.05, 3.63) is 17.7 Å². The molecule has 0 heterocycles. The second kappa shape index (κ2) is 5.18. The van der Waals surface area contributed by atoms with Crippen molar-refractivity contribution in [1.82, 2.24) is 0 Å². The predicted octanol–water partition coefficient (Wildman–Crippen LogP) is 1.80. The lowest BCUT2D eigenvalue weighted by atomic mass is 10.1. The fourth-order valence-electron chi connectivity index (χ4n) is 1.40. The van der Waals surface area contributed by atoms with E-state index in [9.17, 15) is 8.78 Å². The molecule has 0 radical (unpaired) electrons. The van der Waals surface area contributed by atoms with Crippen LogP contribution in [0.25, 0.3) is 0 Å². The van der Waals surface area contributed by atoms with Crippen LogP contribution in [0.4, 0.5) is 8.78 Å². The molecule has 1 N–H and O–H groups in total. The van der Waals surface area contributed by atoms with E-state index < -0.39 is 18.1 Å². The van der Waals surface area contributed by atoms with Crippen LogP contribution >= 0.6 is 0 Å². The quantitative estimate of drug-likeness (QED) is 0.863. The molecule has 0 bridgehead atoms. The van der Waals surface area contributed by atoms with Crippen LogP contribution in [0.2, 0.25) is 0 Å². The summed E-state index contributed by atoms with van der Waals surface area (Å²) in [6.07, 6.45) is 0. The second-order valence-electron chi connectivity index (χ2n) is 3.27. The Labute approximate surface area is 97.7 Å². The van der Waals surface area contributed by atoms with Gasteiger partial charge in [0.15, 0.2) is 11.5 Å².